The van der Waals surface area contributed by atoms with Crippen LogP contribution < -0.4 is 4.74 Å². The van der Waals surface area contributed by atoms with Gasteiger partial charge in [0.05, 0.1) is 5.56 Å². The highest BCUT2D eigenvalue weighted by atomic mass is 16.6. The molecule has 4 nitrogen and oxygen atoms in total. The SMILES string of the molecule is CO/N=C1\C(=O)Oc2ccccc21. The van der Waals surface area contributed by atoms with Crippen LogP contribution in [0.3, 0.4) is 0 Å². The summed E-state index contributed by atoms with van der Waals surface area (Å²) in [6, 6.07) is 7.08. The van der Waals surface area contributed by atoms with E-state index in [2.05, 4.69) is 9.99 Å². The molecule has 66 valence electrons. The summed E-state index contributed by atoms with van der Waals surface area (Å²) in [4.78, 5) is 15.7. The third-order valence-corrected chi connectivity index (χ3v) is 1.72. The molecule has 0 spiro atoms. The maximum atomic E-state index is 11.2. The minimum Gasteiger partial charge on any atom is -0.421 e. The van der Waals surface area contributed by atoms with Gasteiger partial charge in [0.25, 0.3) is 0 Å². The van der Waals surface area contributed by atoms with E-state index >= 15 is 0 Å². The van der Waals surface area contributed by atoms with Crippen LogP contribution in [0.4, 0.5) is 0 Å². The van der Waals surface area contributed by atoms with E-state index in [1.54, 1.807) is 18.2 Å². The highest BCUT2D eigenvalue weighted by molar-refractivity contribution is 6.46. The average Bonchev–Trinajstić information content (AvgIpc) is 2.44. The first kappa shape index (κ1) is 7.79. The van der Waals surface area contributed by atoms with Gasteiger partial charge >= 0.3 is 5.97 Å². The molecule has 1 aliphatic rings. The average molecular weight is 177 g/mol. The molecule has 0 saturated carbocycles. The van der Waals surface area contributed by atoms with Gasteiger partial charge < -0.3 is 9.57 Å². The number of benzene rings is 1. The molecule has 13 heavy (non-hydrogen) atoms. The minimum atomic E-state index is -0.469. The van der Waals surface area contributed by atoms with Crippen molar-refractivity contribution < 1.29 is 14.4 Å². The zero-order valence-corrected chi connectivity index (χ0v) is 6.98. The summed E-state index contributed by atoms with van der Waals surface area (Å²) in [5.41, 5.74) is 0.896. The summed E-state index contributed by atoms with van der Waals surface area (Å²) in [7, 11) is 1.39. The summed E-state index contributed by atoms with van der Waals surface area (Å²) in [5, 5.41) is 3.59. The van der Waals surface area contributed by atoms with Crippen LogP contribution in [0.1, 0.15) is 5.56 Å². The molecule has 0 radical (unpaired) electrons. The van der Waals surface area contributed by atoms with Gasteiger partial charge in [0.15, 0.2) is 5.71 Å². The summed E-state index contributed by atoms with van der Waals surface area (Å²) in [6.07, 6.45) is 0. The molecule has 0 N–H and O–H groups in total. The summed E-state index contributed by atoms with van der Waals surface area (Å²) in [6.45, 7) is 0. The van der Waals surface area contributed by atoms with E-state index in [-0.39, 0.29) is 5.71 Å². The lowest BCUT2D eigenvalue weighted by atomic mass is 10.1. The Morgan fingerprint density at radius 1 is 1.38 bits per heavy atom. The van der Waals surface area contributed by atoms with Crippen molar-refractivity contribution in [3.8, 4) is 5.75 Å². The number of hydrogen-bond acceptors (Lipinski definition) is 4. The van der Waals surface area contributed by atoms with Gasteiger partial charge in [0.1, 0.15) is 12.9 Å². The Bertz CT molecular complexity index is 384. The Labute approximate surface area is 74.8 Å². The van der Waals surface area contributed by atoms with Gasteiger partial charge in [-0.3, -0.25) is 0 Å². The number of carbonyl (C=O) groups is 1. The second-order valence-corrected chi connectivity index (χ2v) is 2.51. The first-order valence-corrected chi connectivity index (χ1v) is 3.75. The van der Waals surface area contributed by atoms with Crippen LogP contribution in [0.15, 0.2) is 29.4 Å². The number of esters is 1. The number of para-hydroxylation sites is 1. The molecule has 1 aliphatic heterocycles. The molecule has 0 amide bonds. The van der Waals surface area contributed by atoms with E-state index in [0.717, 1.165) is 0 Å². The van der Waals surface area contributed by atoms with E-state index in [1.165, 1.54) is 7.11 Å². The molecule has 0 bridgehead atoms. The fourth-order valence-corrected chi connectivity index (χ4v) is 1.19. The van der Waals surface area contributed by atoms with Gasteiger partial charge in [-0.2, -0.15) is 0 Å². The predicted octanol–water partition coefficient (Wildman–Crippen LogP) is 0.956. The van der Waals surface area contributed by atoms with Crippen molar-refractivity contribution in [2.24, 2.45) is 5.16 Å². The van der Waals surface area contributed by atoms with Crippen molar-refractivity contribution in [1.82, 2.24) is 0 Å². The van der Waals surface area contributed by atoms with Gasteiger partial charge in [0.2, 0.25) is 0 Å². The third-order valence-electron chi connectivity index (χ3n) is 1.72. The Morgan fingerprint density at radius 3 is 2.92 bits per heavy atom. The molecule has 1 aromatic carbocycles. The van der Waals surface area contributed by atoms with Crippen molar-refractivity contribution >= 4 is 11.7 Å². The van der Waals surface area contributed by atoms with E-state index < -0.39 is 5.97 Å². The molecular formula is C9H7NO3. The first-order chi connectivity index (χ1) is 6.33. The van der Waals surface area contributed by atoms with Crippen LogP contribution in [-0.4, -0.2) is 18.8 Å². The summed E-state index contributed by atoms with van der Waals surface area (Å²) < 4.78 is 4.92. The minimum absolute atomic E-state index is 0.220. The Balaban J connectivity index is 2.53. The molecule has 0 aliphatic carbocycles. The molecule has 4 heteroatoms. The van der Waals surface area contributed by atoms with Gasteiger partial charge in [-0.15, -0.1) is 0 Å². The maximum Gasteiger partial charge on any atom is 0.366 e. The highest BCUT2D eigenvalue weighted by Crippen LogP contribution is 2.25. The van der Waals surface area contributed by atoms with Crippen molar-refractivity contribution in [1.29, 1.82) is 0 Å². The Hall–Kier alpha value is -1.84. The lowest BCUT2D eigenvalue weighted by Crippen LogP contribution is -2.12. The van der Waals surface area contributed by atoms with Gasteiger partial charge in [-0.25, -0.2) is 4.79 Å². The van der Waals surface area contributed by atoms with E-state index in [4.69, 9.17) is 4.74 Å². The molecular weight excluding hydrogens is 170 g/mol. The van der Waals surface area contributed by atoms with Gasteiger partial charge in [-0.05, 0) is 12.1 Å². The number of hydrogen-bond donors (Lipinski definition) is 0. The zero-order valence-electron chi connectivity index (χ0n) is 6.98. The molecule has 0 aromatic heterocycles. The number of oxime groups is 1. The highest BCUT2D eigenvalue weighted by Gasteiger charge is 2.28. The van der Waals surface area contributed by atoms with Crippen molar-refractivity contribution in [3.63, 3.8) is 0 Å². The van der Waals surface area contributed by atoms with Crippen molar-refractivity contribution in [3.05, 3.63) is 29.8 Å². The Kier molecular flexibility index (Phi) is 1.73. The van der Waals surface area contributed by atoms with Crippen LogP contribution in [0, 0.1) is 0 Å². The lowest BCUT2D eigenvalue weighted by Gasteiger charge is -1.92. The standard InChI is InChI=1S/C9H7NO3/c1-12-10-8-6-4-2-3-5-7(6)13-9(8)11/h2-5H,1H3/b10-8-. The van der Waals surface area contributed by atoms with Crippen LogP contribution in [0.25, 0.3) is 0 Å². The van der Waals surface area contributed by atoms with Crippen LogP contribution in [0.5, 0.6) is 5.75 Å². The molecule has 1 aromatic rings. The topological polar surface area (TPSA) is 47.9 Å². The van der Waals surface area contributed by atoms with Gasteiger partial charge in [-0.1, -0.05) is 17.3 Å². The van der Waals surface area contributed by atoms with Crippen LogP contribution in [0.2, 0.25) is 0 Å². The Morgan fingerprint density at radius 2 is 2.15 bits per heavy atom. The second kappa shape index (κ2) is 2.90. The molecule has 0 unspecified atom stereocenters. The summed E-state index contributed by atoms with van der Waals surface area (Å²) >= 11 is 0. The number of fused-ring (bicyclic) bond motifs is 1. The molecule has 0 fully saturated rings. The molecule has 1 heterocycles. The van der Waals surface area contributed by atoms with Crippen LogP contribution >= 0.6 is 0 Å². The quantitative estimate of drug-likeness (QED) is 0.364. The monoisotopic (exact) mass is 177 g/mol. The summed E-state index contributed by atoms with van der Waals surface area (Å²) in [5.74, 6) is 0.0614. The predicted molar refractivity (Wildman–Crippen MR) is 45.6 cm³/mol. The van der Waals surface area contributed by atoms with Crippen molar-refractivity contribution in [2.75, 3.05) is 7.11 Å². The number of ether oxygens (including phenoxy) is 1. The number of nitrogens with zero attached hydrogens (tertiary/aromatic N) is 1. The fourth-order valence-electron chi connectivity index (χ4n) is 1.19. The van der Waals surface area contributed by atoms with Crippen LogP contribution in [-0.2, 0) is 9.63 Å². The number of carbonyl (C=O) groups excluding carboxylic acids is 1. The van der Waals surface area contributed by atoms with E-state index in [1.807, 2.05) is 6.07 Å². The molecule has 0 atom stereocenters. The smallest absolute Gasteiger partial charge is 0.366 e. The molecule has 0 saturated heterocycles. The lowest BCUT2D eigenvalue weighted by molar-refractivity contribution is -0.126. The fraction of sp³-hybridized carbons (Fsp3) is 0.111. The van der Waals surface area contributed by atoms with E-state index in [0.29, 0.717) is 11.3 Å². The third kappa shape index (κ3) is 1.16. The second-order valence-electron chi connectivity index (χ2n) is 2.51. The number of rotatable bonds is 1. The first-order valence-electron chi connectivity index (χ1n) is 3.75. The molecule has 2 rings (SSSR count). The van der Waals surface area contributed by atoms with Gasteiger partial charge in [0, 0.05) is 0 Å². The van der Waals surface area contributed by atoms with E-state index in [9.17, 15) is 4.79 Å². The largest absolute Gasteiger partial charge is 0.421 e. The zero-order chi connectivity index (χ0) is 9.26. The normalized spacial score (nSPS) is 17.0. The maximum absolute atomic E-state index is 11.2. The van der Waals surface area contributed by atoms with Crippen molar-refractivity contribution in [2.45, 2.75) is 0 Å².